The number of amides is 11. The molecule has 3 heterocycles. The molecule has 45 heteroatoms. The highest BCUT2D eigenvalue weighted by Gasteiger charge is 2.48. The molecule has 0 radical (unpaired) electrons. The van der Waals surface area contributed by atoms with Gasteiger partial charge in [-0.25, -0.2) is 24.0 Å². The van der Waals surface area contributed by atoms with Crippen molar-refractivity contribution in [3.63, 3.8) is 0 Å². The van der Waals surface area contributed by atoms with Crippen molar-refractivity contribution in [2.45, 2.75) is 296 Å². The van der Waals surface area contributed by atoms with Gasteiger partial charge in [-0.2, -0.15) is 0 Å². The van der Waals surface area contributed by atoms with Crippen LogP contribution >= 0.6 is 21.6 Å². The first kappa shape index (κ1) is 118. The fraction of sp³-hybridized carbons (Fsp3) is 0.642. The number of ether oxygens (including phenoxy) is 4. The third-order valence-corrected chi connectivity index (χ3v) is 27.2. The number of carboxylic acids is 5. The van der Waals surface area contributed by atoms with Gasteiger partial charge in [-0.15, -0.1) is 0 Å². The standard InChI is InChI=1S/C95H137N11O32S2/c1-15-54(9)79-74(111)47-63(109)46-64(52(6)7)81(117)55(10)82(118)98-68(39-50(2)3)87(123)106-36-20-24-70(106)89(125)104(14)72(42-59-27-25-53(8)26-28-59)93(132)137-56(11)80(85(121)101-79)102-84(120)71(40-51(4)5)103(13)88(124)69-23-19-35-105(69)86(122)57(12)138-95(134)135-37-38-139-140-48-61(90(126)127)44-73(110)67(41-58-21-17-16-18-22-58)97-83(119)60(45-78(115)116)43-62(108)29-30-65(91(128)129)96-75(112)32-31-66(92(130)131)99-94(133)100-76(136-49-107)33-34-77(113)114/h16-18,21-22,25-28,49-52,54-57,60-61,64-72,74,76,79-80,111H,15,19-20,23-24,29-48H2,1-14H3,(H,96,112)(H,97,119)(H,98,118)(H,101,121)(H,102,120)(H,113,114)(H,115,116)(H,126,127)(H,128,129)(H,130,131)(H2,99,100,133)/t54-,55-,56+,57-,60+,61+,64-,65+,66-,67+,68?,69?,70-,71-,72?,74+,76+,79-,80-/m1/s1. The third-order valence-electron chi connectivity index (χ3n) is 24.8. The van der Waals surface area contributed by atoms with Crippen LogP contribution in [0.15, 0.2) is 54.6 Å². The van der Waals surface area contributed by atoms with Gasteiger partial charge in [0.1, 0.15) is 78.4 Å². The minimum absolute atomic E-state index is 0.0172. The zero-order valence-electron chi connectivity index (χ0n) is 81.6. The number of aryl methyl sites for hydroxylation is 1. The number of urea groups is 1. The van der Waals surface area contributed by atoms with Crippen molar-refractivity contribution in [1.82, 2.24) is 56.8 Å². The Morgan fingerprint density at radius 2 is 1.31 bits per heavy atom. The molecule has 2 aromatic carbocycles. The van der Waals surface area contributed by atoms with Crippen molar-refractivity contribution in [2.75, 3.05) is 45.3 Å². The maximum atomic E-state index is 15.4. The van der Waals surface area contributed by atoms with Crippen LogP contribution in [-0.2, 0) is 128 Å². The lowest BCUT2D eigenvalue weighted by Gasteiger charge is -2.36. The Morgan fingerprint density at radius 1 is 0.671 bits per heavy atom. The van der Waals surface area contributed by atoms with E-state index in [-0.39, 0.29) is 94.5 Å². The summed E-state index contributed by atoms with van der Waals surface area (Å²) in [4.78, 5) is 304. The van der Waals surface area contributed by atoms with Gasteiger partial charge < -0.3 is 106 Å². The molecule has 3 aliphatic rings. The Kier molecular flexibility index (Phi) is 49.2. The number of carboxylic acid groups (broad SMARTS) is 5. The van der Waals surface area contributed by atoms with E-state index in [1.165, 1.54) is 44.7 Å². The molecule has 3 fully saturated rings. The average molecular weight is 2010 g/mol. The topological polar surface area (TPSA) is 631 Å². The fourth-order valence-corrected chi connectivity index (χ4v) is 18.6. The molecule has 3 aliphatic heterocycles. The van der Waals surface area contributed by atoms with E-state index in [1.54, 1.807) is 96.1 Å². The number of aliphatic carboxylic acids is 5. The Labute approximate surface area is 820 Å². The van der Waals surface area contributed by atoms with Crippen LogP contribution in [-0.4, -0.2) is 311 Å². The van der Waals surface area contributed by atoms with Crippen LogP contribution in [0.4, 0.5) is 9.59 Å². The summed E-state index contributed by atoms with van der Waals surface area (Å²) in [6.07, 6.45) is -14.0. The summed E-state index contributed by atoms with van der Waals surface area (Å²) < 4.78 is 21.5. The van der Waals surface area contributed by atoms with E-state index >= 15 is 24.0 Å². The molecule has 0 aliphatic carbocycles. The molecule has 0 bridgehead atoms. The molecule has 19 atom stereocenters. The van der Waals surface area contributed by atoms with Gasteiger partial charge in [0.15, 0.2) is 18.1 Å². The second-order valence-electron chi connectivity index (χ2n) is 37.0. The SMILES string of the molecule is CC[C@@H](C)[C@H]1NC(=O)[C@H](NC(=O)[C@@H](CC(C)C)N(C)C(=O)C2CCCN2C(=O)[C@@H](C)OC(=O)OCCSSC[C@H](CC(=O)[C@H](Cc2ccccc2)NC(=O)[C@H](CC(=O)O)CC(=O)CC[C@H](NC(=O)CC[C@@H](NC(=O)N[C@H](CCC(=O)O)OC=O)C(=O)O)C(=O)O)C(=O)O)[C@H](C)OC(=O)C(Cc2ccc(C)cc2)N(C)C(=O)[C@H]2CCCN2C(=O)C(CC(C)C)NC(=O)[C@H](C)C(=O)[C@@H](C(C)C)CC(=O)C[C@@H]1O. The molecule has 11 amide bonds. The number of ketones is 4. The smallest absolute Gasteiger partial charge is 0.481 e. The second-order valence-corrected chi connectivity index (χ2v) is 39.6. The molecule has 43 nitrogen and oxygen atoms in total. The van der Waals surface area contributed by atoms with E-state index in [9.17, 15) is 107 Å². The molecular formula is C95H137N11O32S2. The summed E-state index contributed by atoms with van der Waals surface area (Å²) in [6, 6.07) is -0.845. The van der Waals surface area contributed by atoms with E-state index in [0.29, 0.717) is 24.0 Å². The van der Waals surface area contributed by atoms with Gasteiger partial charge in [0.05, 0.1) is 48.8 Å². The molecule has 13 N–H and O–H groups in total. The predicted octanol–water partition coefficient (Wildman–Crippen LogP) is 4.51. The molecule has 3 unspecified atom stereocenters. The number of cyclic esters (lactones) is 1. The van der Waals surface area contributed by atoms with Crippen LogP contribution in [0.1, 0.15) is 208 Å². The molecule has 0 aromatic heterocycles. The van der Waals surface area contributed by atoms with E-state index < -0.39 is 315 Å². The van der Waals surface area contributed by atoms with Crippen LogP contribution in [0.2, 0.25) is 0 Å². The van der Waals surface area contributed by atoms with E-state index in [0.717, 1.165) is 37.0 Å². The van der Waals surface area contributed by atoms with Gasteiger partial charge in [-0.05, 0) is 120 Å². The minimum Gasteiger partial charge on any atom is -0.481 e. The van der Waals surface area contributed by atoms with Crippen LogP contribution in [0.3, 0.4) is 0 Å². The van der Waals surface area contributed by atoms with Crippen molar-refractivity contribution in [2.24, 2.45) is 47.3 Å². The van der Waals surface area contributed by atoms with Crippen LogP contribution in [0, 0.1) is 54.3 Å². The van der Waals surface area contributed by atoms with E-state index in [4.69, 9.17) is 19.3 Å². The van der Waals surface area contributed by atoms with Crippen LogP contribution in [0.5, 0.6) is 0 Å². The van der Waals surface area contributed by atoms with Gasteiger partial charge in [0.25, 0.3) is 12.4 Å². The molecule has 2 aromatic rings. The highest BCUT2D eigenvalue weighted by Crippen LogP contribution is 2.32. The molecule has 140 heavy (non-hydrogen) atoms. The number of carbonyl (C=O) groups excluding carboxylic acids is 17. The molecule has 3 saturated heterocycles. The summed E-state index contributed by atoms with van der Waals surface area (Å²) in [6.45, 7) is 19.5. The Bertz CT molecular complexity index is 4680. The highest BCUT2D eigenvalue weighted by molar-refractivity contribution is 8.76. The fourth-order valence-electron chi connectivity index (χ4n) is 16.5. The number of esters is 1. The number of aliphatic hydroxyl groups is 1. The van der Waals surface area contributed by atoms with Crippen molar-refractivity contribution >= 4 is 152 Å². The van der Waals surface area contributed by atoms with E-state index in [2.05, 4.69) is 36.6 Å². The number of rotatable bonds is 49. The molecule has 776 valence electrons. The van der Waals surface area contributed by atoms with Crippen LogP contribution in [0.25, 0.3) is 0 Å². The number of carbonyl (C=O) groups is 22. The first-order valence-corrected chi connectivity index (χ1v) is 49.5. The number of nitrogens with one attached hydrogen (secondary N) is 7. The number of hydrogen-bond acceptors (Lipinski definition) is 29. The number of benzene rings is 2. The summed E-state index contributed by atoms with van der Waals surface area (Å²) in [5.41, 5.74) is 1.91. The highest BCUT2D eigenvalue weighted by atomic mass is 33.1. The normalized spacial score (nSPS) is 21.7. The van der Waals surface area contributed by atoms with Gasteiger partial charge in [-0.3, -0.25) is 81.5 Å². The third kappa shape index (κ3) is 38.1. The largest absolute Gasteiger partial charge is 0.509 e. The summed E-state index contributed by atoms with van der Waals surface area (Å²) >= 11 is 0. The number of likely N-dealkylation sites (tertiary alicyclic amines) is 1. The zero-order valence-corrected chi connectivity index (χ0v) is 83.2. The number of aliphatic hydroxyl groups excluding tert-OH is 1. The predicted molar refractivity (Wildman–Crippen MR) is 504 cm³/mol. The lowest BCUT2D eigenvalue weighted by molar-refractivity contribution is -0.162. The van der Waals surface area contributed by atoms with Gasteiger partial charge in [0.2, 0.25) is 47.3 Å². The average Bonchev–Trinajstić information content (AvgIpc) is 1.60. The summed E-state index contributed by atoms with van der Waals surface area (Å²) in [7, 11) is 4.66. The van der Waals surface area contributed by atoms with Crippen molar-refractivity contribution in [3.8, 4) is 0 Å². The van der Waals surface area contributed by atoms with Crippen molar-refractivity contribution in [3.05, 3.63) is 71.3 Å². The molecular weight excluding hydrogens is 1870 g/mol. The number of likely N-dealkylation sites (N-methyl/N-ethyl adjacent to an activating group) is 2. The Morgan fingerprint density at radius 3 is 1.91 bits per heavy atom. The lowest BCUT2D eigenvalue weighted by atomic mass is 9.80. The Balaban J connectivity index is 1.28. The first-order chi connectivity index (χ1) is 65.9. The second kappa shape index (κ2) is 58.2. The minimum atomic E-state index is -1.87. The number of nitrogens with zero attached hydrogens (tertiary/aromatic N) is 4. The van der Waals surface area contributed by atoms with Gasteiger partial charge in [-0.1, -0.05) is 144 Å². The Hall–Kier alpha value is -12.2. The number of hydrogen-bond donors (Lipinski definition) is 13. The molecule has 0 spiro atoms. The molecule has 0 saturated carbocycles. The quantitative estimate of drug-likeness (QED) is 0.00824. The van der Waals surface area contributed by atoms with Gasteiger partial charge in [0, 0.05) is 96.0 Å². The van der Waals surface area contributed by atoms with E-state index in [1.807, 2.05) is 26.1 Å². The van der Waals surface area contributed by atoms with Crippen molar-refractivity contribution < 1.29 is 155 Å². The lowest BCUT2D eigenvalue weighted by Crippen LogP contribution is -2.62. The summed E-state index contributed by atoms with van der Waals surface area (Å²) in [5, 5.41) is 77.8. The zero-order chi connectivity index (χ0) is 105. The van der Waals surface area contributed by atoms with Crippen LogP contribution < -0.4 is 37.2 Å². The monoisotopic (exact) mass is 2010 g/mol. The molecule has 5 rings (SSSR count). The van der Waals surface area contributed by atoms with Crippen molar-refractivity contribution in [1.29, 1.82) is 0 Å². The van der Waals surface area contributed by atoms with Gasteiger partial charge >= 0.3 is 48.0 Å². The number of Topliss-reactive ketones (excluding diaryl/α,β-unsaturated/α-hetero) is 4. The maximum Gasteiger partial charge on any atom is 0.509 e. The number of fused-ring (bicyclic) bond motifs is 1. The maximum absolute atomic E-state index is 15.4. The summed E-state index contributed by atoms with van der Waals surface area (Å²) in [5.74, 6) is -26.7. The first-order valence-electron chi connectivity index (χ1n) is 47.0.